The van der Waals surface area contributed by atoms with Gasteiger partial charge in [-0.3, -0.25) is 24.4 Å². The second kappa shape index (κ2) is 23.1. The van der Waals surface area contributed by atoms with Crippen LogP contribution < -0.4 is 10.6 Å². The van der Waals surface area contributed by atoms with E-state index in [0.717, 1.165) is 54.5 Å². The molecule has 7 aliphatic rings. The number of benzene rings is 2. The van der Waals surface area contributed by atoms with Crippen LogP contribution in [0.1, 0.15) is 111 Å². The molecule has 18 nitrogen and oxygen atoms in total. The Kier molecular flexibility index (Phi) is 16.6. The summed E-state index contributed by atoms with van der Waals surface area (Å²) in [4.78, 5) is 67.0. The average molecular weight is 1080 g/mol. The van der Waals surface area contributed by atoms with Crippen molar-refractivity contribution in [3.8, 4) is 0 Å². The molecule has 2 saturated carbocycles. The average Bonchev–Trinajstić information content (AvgIpc) is 4.29. The molecule has 0 spiro atoms. The molecule has 5 fully saturated rings. The van der Waals surface area contributed by atoms with Crippen LogP contribution in [0.5, 0.6) is 0 Å². The third-order valence-corrected chi connectivity index (χ3v) is 15.2. The number of rotatable bonds is 10. The van der Waals surface area contributed by atoms with Gasteiger partial charge in [0.1, 0.15) is 71.3 Å². The maximum absolute atomic E-state index is 14.5. The van der Waals surface area contributed by atoms with Crippen molar-refractivity contribution in [3.05, 3.63) is 106 Å². The summed E-state index contributed by atoms with van der Waals surface area (Å²) in [5.41, 5.74) is 0.428. The van der Waals surface area contributed by atoms with Gasteiger partial charge in [-0.2, -0.15) is 0 Å². The van der Waals surface area contributed by atoms with Gasteiger partial charge in [-0.25, -0.2) is 46.3 Å². The highest BCUT2D eigenvalue weighted by molar-refractivity contribution is 6.48. The SMILES string of the molecule is C1CCOC1.CC(C)(O)[C@H]1C[C@@H](O)[C@H](Nc2ncnc3c2C(C(=O)N2C[C@@H](F)C[C@@H]2c2cc(F)ccc2F)=NC3)C1.COC(=O)[C@H]1C[C@@H](O)[C@H](Nc2ncnc3c2C(C(=O)N2C[C@@H](F)C[C@@H]2c2cc(F)ccc2F)=NC3)C1. The molecule has 2 amide bonds. The number of esters is 1. The first-order valence-corrected chi connectivity index (χ1v) is 25.6. The number of likely N-dealkylation sites (tertiary alicyclic amines) is 2. The van der Waals surface area contributed by atoms with E-state index in [-0.39, 0.29) is 79.7 Å². The number of aliphatic imine (C=N–C) groups is 2. The summed E-state index contributed by atoms with van der Waals surface area (Å²) in [6.45, 7) is 5.01. The number of methoxy groups -OCH3 is 1. The molecule has 0 unspecified atom stereocenters. The molecule has 77 heavy (non-hydrogen) atoms. The maximum atomic E-state index is 14.5. The van der Waals surface area contributed by atoms with Crippen molar-refractivity contribution in [2.24, 2.45) is 21.8 Å². The van der Waals surface area contributed by atoms with E-state index in [2.05, 4.69) is 40.6 Å². The number of nitrogens with one attached hydrogen (secondary N) is 2. The van der Waals surface area contributed by atoms with Crippen molar-refractivity contribution >= 4 is 40.8 Å². The number of carbonyl (C=O) groups excluding carboxylic acids is 3. The first-order valence-electron chi connectivity index (χ1n) is 25.6. The highest BCUT2D eigenvalue weighted by Gasteiger charge is 2.46. The molecule has 10 atom stereocenters. The predicted octanol–water partition coefficient (Wildman–Crippen LogP) is 5.58. The molecule has 24 heteroatoms. The highest BCUT2D eigenvalue weighted by Crippen LogP contribution is 2.41. The van der Waals surface area contributed by atoms with Crippen LogP contribution in [0, 0.1) is 35.1 Å². The van der Waals surface area contributed by atoms with E-state index < -0.39 is 101 Å². The Morgan fingerprint density at radius 3 is 1.57 bits per heavy atom. The zero-order valence-electron chi connectivity index (χ0n) is 42.5. The fourth-order valence-corrected chi connectivity index (χ4v) is 11.2. The number of fused-ring (bicyclic) bond motifs is 2. The third-order valence-electron chi connectivity index (χ3n) is 15.2. The van der Waals surface area contributed by atoms with E-state index in [1.54, 1.807) is 13.8 Å². The lowest BCUT2D eigenvalue weighted by Crippen LogP contribution is -2.38. The van der Waals surface area contributed by atoms with E-state index in [1.807, 2.05) is 0 Å². The van der Waals surface area contributed by atoms with Crippen LogP contribution in [0.3, 0.4) is 0 Å². The predicted molar refractivity (Wildman–Crippen MR) is 266 cm³/mol. The molecule has 412 valence electrons. The van der Waals surface area contributed by atoms with Crippen molar-refractivity contribution in [2.75, 3.05) is 44.0 Å². The normalized spacial score (nSPS) is 27.2. The molecule has 5 aliphatic heterocycles. The number of aliphatic hydroxyl groups is 3. The van der Waals surface area contributed by atoms with Crippen LogP contribution in [0.4, 0.5) is 38.0 Å². The number of nitrogens with zero attached hydrogens (tertiary/aromatic N) is 8. The van der Waals surface area contributed by atoms with Crippen LogP contribution in [0.15, 0.2) is 59.0 Å². The number of alkyl halides is 2. The number of amides is 2. The van der Waals surface area contributed by atoms with Crippen molar-refractivity contribution in [1.82, 2.24) is 29.7 Å². The first kappa shape index (κ1) is 55.1. The molecule has 11 rings (SSSR count). The van der Waals surface area contributed by atoms with Crippen molar-refractivity contribution in [2.45, 2.75) is 133 Å². The molecule has 2 aliphatic carbocycles. The van der Waals surface area contributed by atoms with Gasteiger partial charge < -0.3 is 45.2 Å². The van der Waals surface area contributed by atoms with Crippen LogP contribution in [0.2, 0.25) is 0 Å². The Hall–Kier alpha value is -6.63. The number of ether oxygens (including phenoxy) is 2. The van der Waals surface area contributed by atoms with Gasteiger partial charge in [0.2, 0.25) is 0 Å². The number of carbonyl (C=O) groups is 3. The molecule has 5 N–H and O–H groups in total. The lowest BCUT2D eigenvalue weighted by molar-refractivity contribution is -0.145. The van der Waals surface area contributed by atoms with Gasteiger partial charge in [0, 0.05) is 37.2 Å². The van der Waals surface area contributed by atoms with Crippen LogP contribution in [0.25, 0.3) is 0 Å². The van der Waals surface area contributed by atoms with Gasteiger partial charge in [-0.05, 0) is 94.7 Å². The third kappa shape index (κ3) is 11.9. The van der Waals surface area contributed by atoms with Crippen molar-refractivity contribution in [1.29, 1.82) is 0 Å². The lowest BCUT2D eigenvalue weighted by atomic mass is 9.89. The number of hydrogen-bond donors (Lipinski definition) is 5. The second-order valence-electron chi connectivity index (χ2n) is 20.8. The fraction of sp³-hybridized carbons (Fsp3) is 0.528. The van der Waals surface area contributed by atoms with E-state index >= 15 is 0 Å². The minimum Gasteiger partial charge on any atom is -0.469 e. The van der Waals surface area contributed by atoms with Gasteiger partial charge in [-0.1, -0.05) is 0 Å². The van der Waals surface area contributed by atoms with Crippen molar-refractivity contribution in [3.63, 3.8) is 0 Å². The van der Waals surface area contributed by atoms with E-state index in [0.29, 0.717) is 47.6 Å². The standard InChI is InChI=1S/C25H28F3N5O3.C24H24F3N5O4.C4H8O/c1-25(2,36)12-5-17(20(34)6-12)32-23-21-18(30-11-31-23)9-29-22(21)24(35)33-10-14(27)8-19(33)15-7-13(26)3-4-16(15)28;1-36-24(35)11-4-16(19(33)5-11)31-22-20-17(29-10-30-22)8-28-21(20)23(34)32-9-13(26)7-18(32)14-6-12(25)2-3-15(14)27;1-2-4-5-3-1/h3-4,7,11-12,14,17,19-20,34,36H,5-6,8-10H2,1-2H3,(H,30,31,32);2-3,6,10-11,13,16,18-19,33H,4-5,7-9H2,1H3,(H,29,30,31);1-4H2/t12-,14+,17-,19-,20-;11-,13+,16-,18-,19-;/m11./s1. The van der Waals surface area contributed by atoms with Crippen molar-refractivity contribution < 1.29 is 65.5 Å². The zero-order valence-corrected chi connectivity index (χ0v) is 42.5. The molecule has 7 heterocycles. The summed E-state index contributed by atoms with van der Waals surface area (Å²) < 4.78 is 95.4. The zero-order chi connectivity index (χ0) is 54.9. The first-order chi connectivity index (χ1) is 36.8. The van der Waals surface area contributed by atoms with Gasteiger partial charge in [-0.15, -0.1) is 0 Å². The van der Waals surface area contributed by atoms with Gasteiger partial charge in [0.15, 0.2) is 0 Å². The Morgan fingerprint density at radius 1 is 0.675 bits per heavy atom. The Labute approximate surface area is 439 Å². The number of aromatic nitrogens is 4. The molecular weight excluding hydrogens is 1020 g/mol. The monoisotopic (exact) mass is 1080 g/mol. The van der Waals surface area contributed by atoms with Crippen LogP contribution in [-0.4, -0.2) is 150 Å². The molecule has 2 aromatic carbocycles. The molecule has 0 bridgehead atoms. The smallest absolute Gasteiger partial charge is 0.308 e. The van der Waals surface area contributed by atoms with Gasteiger partial charge in [0.25, 0.3) is 11.8 Å². The van der Waals surface area contributed by atoms with E-state index in [9.17, 15) is 56.0 Å². The number of anilines is 2. The van der Waals surface area contributed by atoms with E-state index in [4.69, 9.17) is 9.47 Å². The Bertz CT molecular complexity index is 2920. The largest absolute Gasteiger partial charge is 0.469 e. The number of halogens is 6. The molecular formula is C53H60F6N10O8. The quantitative estimate of drug-likeness (QED) is 0.0964. The summed E-state index contributed by atoms with van der Waals surface area (Å²) in [5.74, 6) is -4.60. The lowest BCUT2D eigenvalue weighted by Gasteiger charge is -2.26. The molecule has 2 aromatic heterocycles. The topological polar surface area (TPSA) is 237 Å². The van der Waals surface area contributed by atoms with Gasteiger partial charge in [0.05, 0.1) is 104 Å². The van der Waals surface area contributed by atoms with Crippen LogP contribution >= 0.6 is 0 Å². The van der Waals surface area contributed by atoms with Crippen LogP contribution in [-0.2, 0) is 36.9 Å². The summed E-state index contributed by atoms with van der Waals surface area (Å²) in [7, 11) is 1.28. The highest BCUT2D eigenvalue weighted by atomic mass is 19.2. The number of aliphatic hydroxyl groups excluding tert-OH is 2. The fourth-order valence-electron chi connectivity index (χ4n) is 11.2. The Balaban J connectivity index is 0.000000172. The Morgan fingerprint density at radius 2 is 1.14 bits per heavy atom. The summed E-state index contributed by atoms with van der Waals surface area (Å²) >= 11 is 0. The minimum absolute atomic E-state index is 0.00976. The minimum atomic E-state index is -1.42. The van der Waals surface area contributed by atoms with E-state index in [1.165, 1.54) is 37.5 Å². The maximum Gasteiger partial charge on any atom is 0.308 e. The van der Waals surface area contributed by atoms with Gasteiger partial charge >= 0.3 is 5.97 Å². The second-order valence-corrected chi connectivity index (χ2v) is 20.8. The summed E-state index contributed by atoms with van der Waals surface area (Å²) in [5, 5.41) is 37.7. The number of hydrogen-bond acceptors (Lipinski definition) is 16. The summed E-state index contributed by atoms with van der Waals surface area (Å²) in [6.07, 6.45) is 1.82. The molecule has 3 saturated heterocycles. The molecule has 0 radical (unpaired) electrons. The molecule has 4 aromatic rings. The summed E-state index contributed by atoms with van der Waals surface area (Å²) in [6, 6.07) is 2.85.